The van der Waals surface area contributed by atoms with E-state index in [1.165, 1.54) is 0 Å². The summed E-state index contributed by atoms with van der Waals surface area (Å²) in [5.41, 5.74) is 7.24. The second kappa shape index (κ2) is 8.01. The molecule has 0 radical (unpaired) electrons. The first-order valence-corrected chi connectivity index (χ1v) is 9.31. The van der Waals surface area contributed by atoms with E-state index in [9.17, 15) is 0 Å². The Morgan fingerprint density at radius 3 is 2.41 bits per heavy atom. The van der Waals surface area contributed by atoms with Gasteiger partial charge in [0.25, 0.3) is 0 Å². The summed E-state index contributed by atoms with van der Waals surface area (Å²) in [7, 11) is 2.09. The van der Waals surface area contributed by atoms with Crippen LogP contribution in [-0.4, -0.2) is 72.5 Å². The normalized spacial score (nSPS) is 18.5. The number of hydrogen-bond acceptors (Lipinski definition) is 9. The maximum atomic E-state index is 5.63. The number of hydrogen-bond donors (Lipinski definition) is 1. The summed E-state index contributed by atoms with van der Waals surface area (Å²) >= 11 is 0. The molecule has 4 heterocycles. The van der Waals surface area contributed by atoms with Crippen LogP contribution >= 0.6 is 0 Å². The van der Waals surface area contributed by atoms with Crippen molar-refractivity contribution < 1.29 is 9.47 Å². The molecule has 2 fully saturated rings. The van der Waals surface area contributed by atoms with Crippen molar-refractivity contribution in [2.24, 2.45) is 0 Å². The van der Waals surface area contributed by atoms with Gasteiger partial charge in [0.05, 0.1) is 18.9 Å². The summed E-state index contributed by atoms with van der Waals surface area (Å²) in [5, 5.41) is 0. The highest BCUT2D eigenvalue weighted by Crippen LogP contribution is 2.27. The number of nitrogens with two attached hydrogens (primary N) is 1. The minimum Gasteiger partial charge on any atom is -0.381 e. The molecule has 2 aliphatic rings. The van der Waals surface area contributed by atoms with Crippen LogP contribution in [0.4, 0.5) is 17.7 Å². The third kappa shape index (κ3) is 4.09. The number of ether oxygens (including phenoxy) is 2. The lowest BCUT2D eigenvalue weighted by Gasteiger charge is -2.33. The summed E-state index contributed by atoms with van der Waals surface area (Å²) in [5.74, 6) is 1.85. The number of nitrogen functional groups attached to an aromatic ring is 1. The summed E-state index contributed by atoms with van der Waals surface area (Å²) in [6.45, 7) is 4.50. The van der Waals surface area contributed by atoms with Crippen molar-refractivity contribution in [3.05, 3.63) is 18.5 Å². The fourth-order valence-electron chi connectivity index (χ4n) is 3.39. The van der Waals surface area contributed by atoms with E-state index in [1.54, 1.807) is 12.4 Å². The monoisotopic (exact) mass is 371 g/mol. The Hall–Kier alpha value is -2.52. The van der Waals surface area contributed by atoms with E-state index in [2.05, 4.69) is 26.8 Å². The van der Waals surface area contributed by atoms with E-state index in [4.69, 9.17) is 25.2 Å². The van der Waals surface area contributed by atoms with Crippen molar-refractivity contribution in [2.45, 2.75) is 18.9 Å². The predicted octanol–water partition coefficient (Wildman–Crippen LogP) is 0.968. The first kappa shape index (κ1) is 17.9. The molecule has 27 heavy (non-hydrogen) atoms. The van der Waals surface area contributed by atoms with Gasteiger partial charge in [0.2, 0.25) is 11.9 Å². The van der Waals surface area contributed by atoms with Gasteiger partial charge >= 0.3 is 0 Å². The summed E-state index contributed by atoms with van der Waals surface area (Å²) in [4.78, 5) is 22.2. The molecule has 0 bridgehead atoms. The van der Waals surface area contributed by atoms with E-state index in [-0.39, 0.29) is 5.95 Å². The predicted molar refractivity (Wildman–Crippen MR) is 103 cm³/mol. The van der Waals surface area contributed by atoms with Crippen LogP contribution in [0.25, 0.3) is 11.3 Å². The molecule has 0 atom stereocenters. The molecule has 0 unspecified atom stereocenters. The van der Waals surface area contributed by atoms with Gasteiger partial charge in [-0.15, -0.1) is 0 Å². The van der Waals surface area contributed by atoms with E-state index >= 15 is 0 Å². The van der Waals surface area contributed by atoms with Crippen LogP contribution in [-0.2, 0) is 9.47 Å². The Morgan fingerprint density at radius 2 is 1.70 bits per heavy atom. The molecule has 2 aromatic rings. The average Bonchev–Trinajstić information content (AvgIpc) is 2.74. The van der Waals surface area contributed by atoms with Gasteiger partial charge in [-0.05, 0) is 12.8 Å². The maximum absolute atomic E-state index is 5.63. The van der Waals surface area contributed by atoms with Gasteiger partial charge in [-0.1, -0.05) is 0 Å². The highest BCUT2D eigenvalue weighted by Gasteiger charge is 2.23. The quantitative estimate of drug-likeness (QED) is 0.842. The van der Waals surface area contributed by atoms with Gasteiger partial charge in [0.1, 0.15) is 5.82 Å². The van der Waals surface area contributed by atoms with Crippen LogP contribution in [0, 0.1) is 0 Å². The first-order chi connectivity index (χ1) is 13.2. The lowest BCUT2D eigenvalue weighted by molar-refractivity contribution is 0.0853. The zero-order chi connectivity index (χ0) is 18.6. The van der Waals surface area contributed by atoms with Crippen LogP contribution in [0.3, 0.4) is 0 Å². The molecule has 9 nitrogen and oxygen atoms in total. The highest BCUT2D eigenvalue weighted by molar-refractivity contribution is 5.64. The molecular weight excluding hydrogens is 346 g/mol. The third-order valence-corrected chi connectivity index (χ3v) is 5.06. The molecule has 4 rings (SSSR count). The molecule has 2 saturated heterocycles. The van der Waals surface area contributed by atoms with E-state index in [1.807, 2.05) is 6.07 Å². The number of anilines is 3. The standard InChI is InChI=1S/C18H25N7O2/c1-24(14-2-6-26-7-3-14)16-10-15(13-11-20-17(19)21-12-13)22-18(23-16)25-4-8-27-9-5-25/h10-12,14H,2-9H2,1H3,(H2,19,20,21). The van der Waals surface area contributed by atoms with Crippen LogP contribution in [0.1, 0.15) is 12.8 Å². The van der Waals surface area contributed by atoms with E-state index < -0.39 is 0 Å². The van der Waals surface area contributed by atoms with Gasteiger partial charge < -0.3 is 25.0 Å². The van der Waals surface area contributed by atoms with Crippen molar-refractivity contribution in [1.29, 1.82) is 0 Å². The number of morpholine rings is 1. The second-order valence-corrected chi connectivity index (χ2v) is 6.80. The molecule has 2 aromatic heterocycles. The van der Waals surface area contributed by atoms with Crippen molar-refractivity contribution in [2.75, 3.05) is 62.1 Å². The Bertz CT molecular complexity index is 759. The largest absolute Gasteiger partial charge is 0.381 e. The fraction of sp³-hybridized carbons (Fsp3) is 0.556. The van der Waals surface area contributed by atoms with Gasteiger partial charge in [0.15, 0.2) is 0 Å². The van der Waals surface area contributed by atoms with Gasteiger partial charge in [-0.2, -0.15) is 4.98 Å². The minimum absolute atomic E-state index is 0.251. The number of nitrogens with zero attached hydrogens (tertiary/aromatic N) is 6. The molecule has 0 aromatic carbocycles. The average molecular weight is 371 g/mol. The van der Waals surface area contributed by atoms with Crippen molar-refractivity contribution >= 4 is 17.7 Å². The van der Waals surface area contributed by atoms with Crippen LogP contribution in [0.15, 0.2) is 18.5 Å². The molecule has 2 N–H and O–H groups in total. The van der Waals surface area contributed by atoms with Gasteiger partial charge in [-0.25, -0.2) is 15.0 Å². The zero-order valence-corrected chi connectivity index (χ0v) is 15.5. The maximum Gasteiger partial charge on any atom is 0.228 e. The Morgan fingerprint density at radius 1 is 1.04 bits per heavy atom. The molecule has 0 spiro atoms. The van der Waals surface area contributed by atoms with E-state index in [0.29, 0.717) is 25.2 Å². The lowest BCUT2D eigenvalue weighted by Crippen LogP contribution is -2.39. The van der Waals surface area contributed by atoms with E-state index in [0.717, 1.165) is 56.2 Å². The zero-order valence-electron chi connectivity index (χ0n) is 15.5. The molecule has 144 valence electrons. The van der Waals surface area contributed by atoms with Gasteiger partial charge in [-0.3, -0.25) is 0 Å². The molecule has 2 aliphatic heterocycles. The Kier molecular flexibility index (Phi) is 5.30. The Balaban J connectivity index is 1.70. The van der Waals surface area contributed by atoms with Crippen LogP contribution < -0.4 is 15.5 Å². The van der Waals surface area contributed by atoms with Crippen molar-refractivity contribution in [3.63, 3.8) is 0 Å². The molecule has 0 amide bonds. The fourth-order valence-corrected chi connectivity index (χ4v) is 3.39. The molecule has 9 heteroatoms. The Labute approximate surface area is 158 Å². The summed E-state index contributed by atoms with van der Waals surface area (Å²) < 4.78 is 11.0. The summed E-state index contributed by atoms with van der Waals surface area (Å²) in [6.07, 6.45) is 5.39. The molecule has 0 aliphatic carbocycles. The number of aromatic nitrogens is 4. The first-order valence-electron chi connectivity index (χ1n) is 9.31. The van der Waals surface area contributed by atoms with Crippen molar-refractivity contribution in [3.8, 4) is 11.3 Å². The van der Waals surface area contributed by atoms with Gasteiger partial charge in [0, 0.05) is 63.4 Å². The SMILES string of the molecule is CN(c1cc(-c2cnc(N)nc2)nc(N2CCOCC2)n1)C1CCOCC1. The van der Waals surface area contributed by atoms with Crippen LogP contribution in [0.5, 0.6) is 0 Å². The second-order valence-electron chi connectivity index (χ2n) is 6.80. The lowest BCUT2D eigenvalue weighted by atomic mass is 10.1. The third-order valence-electron chi connectivity index (χ3n) is 5.06. The van der Waals surface area contributed by atoms with Crippen LogP contribution in [0.2, 0.25) is 0 Å². The van der Waals surface area contributed by atoms with Crippen molar-refractivity contribution in [1.82, 2.24) is 19.9 Å². The number of rotatable bonds is 4. The molecule has 0 saturated carbocycles. The topological polar surface area (TPSA) is 103 Å². The summed E-state index contributed by atoms with van der Waals surface area (Å²) in [6, 6.07) is 2.40. The highest BCUT2D eigenvalue weighted by atomic mass is 16.5. The molecular formula is C18H25N7O2. The minimum atomic E-state index is 0.251. The smallest absolute Gasteiger partial charge is 0.228 e.